The van der Waals surface area contributed by atoms with E-state index < -0.39 is 0 Å². The Labute approximate surface area is 169 Å². The van der Waals surface area contributed by atoms with Gasteiger partial charge in [0.1, 0.15) is 17.5 Å². The summed E-state index contributed by atoms with van der Waals surface area (Å²) in [6.45, 7) is 12.4. The Morgan fingerprint density at radius 1 is 0.893 bits per heavy atom. The number of carbonyl (C=O) groups is 1. The van der Waals surface area contributed by atoms with E-state index in [4.69, 9.17) is 4.74 Å². The van der Waals surface area contributed by atoms with Crippen molar-refractivity contribution in [2.45, 2.75) is 71.7 Å². The molecule has 3 atom stereocenters. The molecule has 0 aromatic heterocycles. The first-order chi connectivity index (χ1) is 13.1. The van der Waals surface area contributed by atoms with Crippen molar-refractivity contribution < 1.29 is 14.6 Å². The molecule has 3 nitrogen and oxygen atoms in total. The Balaban J connectivity index is 1.99. The van der Waals surface area contributed by atoms with Crippen LogP contribution in [0.15, 0.2) is 71.4 Å². The highest BCUT2D eigenvalue weighted by molar-refractivity contribution is 5.72. The van der Waals surface area contributed by atoms with E-state index in [1.54, 1.807) is 13.0 Å². The van der Waals surface area contributed by atoms with E-state index in [9.17, 15) is 9.90 Å². The summed E-state index contributed by atoms with van der Waals surface area (Å²) in [6, 6.07) is 0. The molecule has 1 aliphatic heterocycles. The molecule has 1 saturated carbocycles. The maximum Gasteiger partial charge on any atom is 0.145 e. The SMILES string of the molecule is CC(C=O)=C/C=C/C=C(C)/C=C/C=C(C)/C=C/C12OC1(C)CC(O)CC2(C)C. The lowest BCUT2D eigenvalue weighted by Crippen LogP contribution is -2.46. The first-order valence-electron chi connectivity index (χ1n) is 9.95. The number of aldehydes is 1. The van der Waals surface area contributed by atoms with Gasteiger partial charge < -0.3 is 9.84 Å². The maximum atomic E-state index is 10.5. The molecule has 0 bridgehead atoms. The predicted octanol–water partition coefficient (Wildman–Crippen LogP) is 5.40. The van der Waals surface area contributed by atoms with Crippen molar-refractivity contribution in [2.24, 2.45) is 5.41 Å². The second-order valence-electron chi connectivity index (χ2n) is 8.94. The molecule has 1 N–H and O–H groups in total. The van der Waals surface area contributed by atoms with Crippen molar-refractivity contribution in [3.8, 4) is 0 Å². The Hall–Kier alpha value is -1.97. The second kappa shape index (κ2) is 8.59. The number of hydrogen-bond donors (Lipinski definition) is 1. The normalized spacial score (nSPS) is 33.7. The third-order valence-electron chi connectivity index (χ3n) is 5.82. The molecule has 0 spiro atoms. The van der Waals surface area contributed by atoms with Gasteiger partial charge in [-0.15, -0.1) is 0 Å². The minimum Gasteiger partial charge on any atom is -0.393 e. The zero-order valence-corrected chi connectivity index (χ0v) is 18.0. The maximum absolute atomic E-state index is 10.5. The lowest BCUT2D eigenvalue weighted by Gasteiger charge is -2.39. The number of ether oxygens (including phenoxy) is 1. The quantitative estimate of drug-likeness (QED) is 0.277. The van der Waals surface area contributed by atoms with Crippen molar-refractivity contribution >= 4 is 6.29 Å². The van der Waals surface area contributed by atoms with Crippen LogP contribution in [0.2, 0.25) is 0 Å². The second-order valence-corrected chi connectivity index (χ2v) is 8.94. The van der Waals surface area contributed by atoms with E-state index in [-0.39, 0.29) is 22.7 Å². The van der Waals surface area contributed by atoms with Crippen LogP contribution in [0.5, 0.6) is 0 Å². The van der Waals surface area contributed by atoms with E-state index in [2.05, 4.69) is 52.0 Å². The molecule has 1 saturated heterocycles. The summed E-state index contributed by atoms with van der Waals surface area (Å²) in [4.78, 5) is 10.5. The van der Waals surface area contributed by atoms with Crippen molar-refractivity contribution in [2.75, 3.05) is 0 Å². The molecule has 2 aliphatic rings. The summed E-state index contributed by atoms with van der Waals surface area (Å²) in [6.07, 6.45) is 20.1. The number of epoxide rings is 1. The van der Waals surface area contributed by atoms with Gasteiger partial charge in [0.05, 0.1) is 6.10 Å². The standard InChI is InChI=1S/C25H34O3/c1-19(10-7-8-11-21(3)18-26)12-9-13-20(2)14-15-25-23(4,5)16-22(27)17-24(25,6)28-25/h7-15,18,22,27H,16-17H2,1-6H3/b8-7+,12-9+,15-14+,19-10+,20-13+,21-11?. The van der Waals surface area contributed by atoms with Gasteiger partial charge in [-0.1, -0.05) is 73.6 Å². The van der Waals surface area contributed by atoms with E-state index in [1.165, 1.54) is 0 Å². The van der Waals surface area contributed by atoms with Gasteiger partial charge in [0.25, 0.3) is 0 Å². The number of fused-ring (bicyclic) bond motifs is 1. The number of allylic oxidation sites excluding steroid dienone is 11. The molecule has 2 rings (SSSR count). The largest absolute Gasteiger partial charge is 0.393 e. The highest BCUT2D eigenvalue weighted by Gasteiger charge is 2.74. The van der Waals surface area contributed by atoms with Crippen LogP contribution in [0.1, 0.15) is 54.4 Å². The van der Waals surface area contributed by atoms with Gasteiger partial charge in [0.2, 0.25) is 0 Å². The van der Waals surface area contributed by atoms with Gasteiger partial charge in [-0.05, 0) is 45.8 Å². The monoisotopic (exact) mass is 382 g/mol. The Bertz CT molecular complexity index is 776. The van der Waals surface area contributed by atoms with Gasteiger partial charge in [-0.3, -0.25) is 4.79 Å². The van der Waals surface area contributed by atoms with Crippen LogP contribution in [-0.2, 0) is 9.53 Å². The van der Waals surface area contributed by atoms with Gasteiger partial charge >= 0.3 is 0 Å². The lowest BCUT2D eigenvalue weighted by molar-refractivity contribution is -0.104. The average molecular weight is 383 g/mol. The molecule has 3 heteroatoms. The van der Waals surface area contributed by atoms with Crippen molar-refractivity contribution in [1.82, 2.24) is 0 Å². The summed E-state index contributed by atoms with van der Waals surface area (Å²) in [7, 11) is 0. The zero-order valence-electron chi connectivity index (χ0n) is 18.0. The fourth-order valence-corrected chi connectivity index (χ4v) is 4.24. The molecule has 0 aromatic carbocycles. The van der Waals surface area contributed by atoms with Crippen LogP contribution in [0.3, 0.4) is 0 Å². The molecule has 1 heterocycles. The summed E-state index contributed by atoms with van der Waals surface area (Å²) < 4.78 is 6.18. The van der Waals surface area contributed by atoms with Gasteiger partial charge in [-0.25, -0.2) is 0 Å². The summed E-state index contributed by atoms with van der Waals surface area (Å²) in [5, 5.41) is 10.1. The Morgan fingerprint density at radius 3 is 2.07 bits per heavy atom. The molecule has 28 heavy (non-hydrogen) atoms. The smallest absolute Gasteiger partial charge is 0.145 e. The van der Waals surface area contributed by atoms with Crippen LogP contribution in [0.4, 0.5) is 0 Å². The molecule has 1 aliphatic carbocycles. The van der Waals surface area contributed by atoms with E-state index in [0.717, 1.165) is 23.9 Å². The number of aliphatic hydroxyl groups is 1. The third-order valence-corrected chi connectivity index (χ3v) is 5.82. The molecule has 152 valence electrons. The average Bonchev–Trinajstić information content (AvgIpc) is 3.22. The molecule has 3 unspecified atom stereocenters. The van der Waals surface area contributed by atoms with Crippen molar-refractivity contribution in [3.05, 3.63) is 71.4 Å². The number of aliphatic hydroxyl groups excluding tert-OH is 1. The summed E-state index contributed by atoms with van der Waals surface area (Å²) in [5.74, 6) is 0. The van der Waals surface area contributed by atoms with E-state index in [0.29, 0.717) is 12.0 Å². The summed E-state index contributed by atoms with van der Waals surface area (Å²) in [5.41, 5.74) is 2.34. The topological polar surface area (TPSA) is 49.8 Å². The Morgan fingerprint density at radius 2 is 1.46 bits per heavy atom. The molecule has 0 aromatic rings. The van der Waals surface area contributed by atoms with Crippen LogP contribution in [-0.4, -0.2) is 28.7 Å². The first-order valence-corrected chi connectivity index (χ1v) is 9.95. The number of rotatable bonds is 7. The first kappa shape index (κ1) is 22.3. The van der Waals surface area contributed by atoms with Gasteiger partial charge in [0, 0.05) is 11.8 Å². The fraction of sp³-hybridized carbons (Fsp3) is 0.480. The zero-order chi connectivity index (χ0) is 21.0. The number of carbonyl (C=O) groups excluding carboxylic acids is 1. The highest BCUT2D eigenvalue weighted by Crippen LogP contribution is 2.66. The minimum atomic E-state index is -0.287. The van der Waals surface area contributed by atoms with E-state index in [1.807, 2.05) is 31.2 Å². The van der Waals surface area contributed by atoms with Gasteiger partial charge in [0.15, 0.2) is 0 Å². The molecule has 0 radical (unpaired) electrons. The Kier molecular flexibility index (Phi) is 6.84. The lowest BCUT2D eigenvalue weighted by atomic mass is 9.63. The van der Waals surface area contributed by atoms with Crippen LogP contribution in [0, 0.1) is 5.41 Å². The molecule has 0 amide bonds. The summed E-state index contributed by atoms with van der Waals surface area (Å²) >= 11 is 0. The predicted molar refractivity (Wildman–Crippen MR) is 116 cm³/mol. The van der Waals surface area contributed by atoms with Crippen molar-refractivity contribution in [1.29, 1.82) is 0 Å². The fourth-order valence-electron chi connectivity index (χ4n) is 4.24. The molecular formula is C25H34O3. The highest BCUT2D eigenvalue weighted by atomic mass is 16.6. The third kappa shape index (κ3) is 4.89. The minimum absolute atomic E-state index is 0.0889. The van der Waals surface area contributed by atoms with Crippen LogP contribution < -0.4 is 0 Å². The molecule has 2 fully saturated rings. The molecular weight excluding hydrogens is 348 g/mol. The number of hydrogen-bond acceptors (Lipinski definition) is 3. The van der Waals surface area contributed by atoms with E-state index >= 15 is 0 Å². The van der Waals surface area contributed by atoms with Crippen LogP contribution >= 0.6 is 0 Å². The van der Waals surface area contributed by atoms with Gasteiger partial charge in [-0.2, -0.15) is 0 Å². The van der Waals surface area contributed by atoms with Crippen LogP contribution in [0.25, 0.3) is 0 Å². The van der Waals surface area contributed by atoms with Crippen molar-refractivity contribution in [3.63, 3.8) is 0 Å².